The van der Waals surface area contributed by atoms with Crippen LogP contribution in [0.15, 0.2) is 0 Å². The Morgan fingerprint density at radius 1 is 0.769 bits per heavy atom. The van der Waals surface area contributed by atoms with Gasteiger partial charge in [-0.25, -0.2) is 0 Å². The second-order valence-corrected chi connectivity index (χ2v) is 5.52. The quantitative estimate of drug-likeness (QED) is 0.446. The van der Waals surface area contributed by atoms with Crippen molar-refractivity contribution in [3.8, 4) is 0 Å². The molecule has 0 aromatic rings. The molecule has 5 atom stereocenters. The normalized spacial score (nSPS) is 28.0. The van der Waals surface area contributed by atoms with Crippen molar-refractivity contribution < 1.29 is 47.6 Å². The van der Waals surface area contributed by atoms with Gasteiger partial charge in [0, 0.05) is 34.3 Å². The fraction of sp³-hybridized carbons (Fsp3) is 0.750. The molecule has 1 rings (SSSR count). The molecule has 0 radical (unpaired) electrons. The van der Waals surface area contributed by atoms with Gasteiger partial charge in [0.05, 0.1) is 0 Å². The predicted molar refractivity (Wildman–Crippen MR) is 83.6 cm³/mol. The summed E-state index contributed by atoms with van der Waals surface area (Å²) in [5.74, 6) is -2.61. The van der Waals surface area contributed by atoms with Crippen molar-refractivity contribution in [3.63, 3.8) is 0 Å². The van der Waals surface area contributed by atoms with E-state index in [2.05, 4.69) is 0 Å². The molecular weight excluding hydrogens is 352 g/mol. The molecule has 1 aliphatic heterocycles. The van der Waals surface area contributed by atoms with Gasteiger partial charge < -0.3 is 28.4 Å². The first-order valence-corrected chi connectivity index (χ1v) is 8.07. The summed E-state index contributed by atoms with van der Waals surface area (Å²) < 4.78 is 31.7. The summed E-state index contributed by atoms with van der Waals surface area (Å²) in [5.41, 5.74) is 0. The van der Waals surface area contributed by atoms with E-state index in [0.717, 1.165) is 13.8 Å². The molecule has 10 heteroatoms. The van der Waals surface area contributed by atoms with Gasteiger partial charge >= 0.3 is 23.9 Å². The van der Waals surface area contributed by atoms with Crippen molar-refractivity contribution in [2.24, 2.45) is 0 Å². The van der Waals surface area contributed by atoms with Crippen LogP contribution in [0.2, 0.25) is 0 Å². The zero-order chi connectivity index (χ0) is 19.9. The smallest absolute Gasteiger partial charge is 0.303 e. The molecule has 3 unspecified atom stereocenters. The first-order chi connectivity index (χ1) is 12.1. The lowest BCUT2D eigenvalue weighted by Gasteiger charge is -2.43. The average molecular weight is 376 g/mol. The summed E-state index contributed by atoms with van der Waals surface area (Å²) >= 11 is 0. The summed E-state index contributed by atoms with van der Waals surface area (Å²) in [7, 11) is 0. The van der Waals surface area contributed by atoms with E-state index in [1.54, 1.807) is 6.92 Å². The van der Waals surface area contributed by atoms with Crippen LogP contribution in [0.25, 0.3) is 0 Å². The van der Waals surface area contributed by atoms with Crippen molar-refractivity contribution in [2.45, 2.75) is 65.3 Å². The number of hydrogen-bond donors (Lipinski definition) is 0. The van der Waals surface area contributed by atoms with Gasteiger partial charge in [0.15, 0.2) is 24.6 Å². The van der Waals surface area contributed by atoms with Crippen LogP contribution < -0.4 is 0 Å². The summed E-state index contributed by atoms with van der Waals surface area (Å²) in [6.07, 6.45) is -5.65. The van der Waals surface area contributed by atoms with Gasteiger partial charge in [-0.3, -0.25) is 19.2 Å². The van der Waals surface area contributed by atoms with Gasteiger partial charge in [-0.1, -0.05) is 0 Å². The van der Waals surface area contributed by atoms with Crippen molar-refractivity contribution in [2.75, 3.05) is 13.2 Å². The maximum absolute atomic E-state index is 11.5. The summed E-state index contributed by atoms with van der Waals surface area (Å²) in [6, 6.07) is 0. The Morgan fingerprint density at radius 2 is 1.27 bits per heavy atom. The third-order valence-electron chi connectivity index (χ3n) is 3.28. The number of ether oxygens (including phenoxy) is 6. The van der Waals surface area contributed by atoms with Crippen LogP contribution in [-0.4, -0.2) is 67.8 Å². The number of rotatable bonds is 7. The second-order valence-electron chi connectivity index (χ2n) is 5.52. The molecule has 0 bridgehead atoms. The van der Waals surface area contributed by atoms with Crippen LogP contribution >= 0.6 is 0 Å². The zero-order valence-electron chi connectivity index (χ0n) is 15.4. The maximum Gasteiger partial charge on any atom is 0.303 e. The fourth-order valence-corrected chi connectivity index (χ4v) is 2.49. The molecule has 26 heavy (non-hydrogen) atoms. The minimum Gasteiger partial charge on any atom is -0.463 e. The molecule has 0 N–H and O–H groups in total. The van der Waals surface area contributed by atoms with Gasteiger partial charge in [-0.2, -0.15) is 0 Å². The van der Waals surface area contributed by atoms with Crippen LogP contribution in [-0.2, 0) is 47.6 Å². The van der Waals surface area contributed by atoms with Gasteiger partial charge in [0.25, 0.3) is 0 Å². The van der Waals surface area contributed by atoms with Gasteiger partial charge in [-0.05, 0) is 6.92 Å². The van der Waals surface area contributed by atoms with Crippen molar-refractivity contribution in [1.29, 1.82) is 0 Å². The predicted octanol–water partition coefficient (Wildman–Crippen LogP) is 0.106. The van der Waals surface area contributed by atoms with Crippen LogP contribution in [0.1, 0.15) is 34.6 Å². The molecule has 0 spiro atoms. The Balaban J connectivity index is 3.22. The lowest BCUT2D eigenvalue weighted by molar-refractivity contribution is -0.307. The highest BCUT2D eigenvalue weighted by Crippen LogP contribution is 2.29. The van der Waals surface area contributed by atoms with E-state index in [-0.39, 0.29) is 13.2 Å². The largest absolute Gasteiger partial charge is 0.463 e. The van der Waals surface area contributed by atoms with E-state index in [4.69, 9.17) is 28.4 Å². The van der Waals surface area contributed by atoms with E-state index in [1.165, 1.54) is 13.8 Å². The van der Waals surface area contributed by atoms with Gasteiger partial charge in [0.1, 0.15) is 12.7 Å². The Kier molecular flexibility index (Phi) is 8.46. The summed E-state index contributed by atoms with van der Waals surface area (Å²) in [4.78, 5) is 45.6. The molecule has 1 aliphatic rings. The zero-order valence-corrected chi connectivity index (χ0v) is 15.4. The molecule has 1 saturated heterocycles. The third kappa shape index (κ3) is 6.60. The van der Waals surface area contributed by atoms with E-state index in [9.17, 15) is 19.2 Å². The summed E-state index contributed by atoms with van der Waals surface area (Å²) in [6.45, 7) is 6.29. The topological polar surface area (TPSA) is 124 Å². The molecular formula is C16H24O10. The van der Waals surface area contributed by atoms with E-state index < -0.39 is 54.6 Å². The first-order valence-electron chi connectivity index (χ1n) is 8.07. The Hall–Kier alpha value is -2.20. The molecule has 0 saturated carbocycles. The highest BCUT2D eigenvalue weighted by molar-refractivity contribution is 5.68. The summed E-state index contributed by atoms with van der Waals surface area (Å²) in [5, 5.41) is 0. The SMILES string of the molecule is CCO[C@H]1OC(COC(C)=O)C(OC(C)=O)[C@H](OC(C)=O)C1OC(C)=O. The highest BCUT2D eigenvalue weighted by atomic mass is 16.7. The van der Waals surface area contributed by atoms with Crippen LogP contribution in [0.3, 0.4) is 0 Å². The number of carbonyl (C=O) groups excluding carboxylic acids is 4. The van der Waals surface area contributed by atoms with Crippen molar-refractivity contribution >= 4 is 23.9 Å². The van der Waals surface area contributed by atoms with Gasteiger partial charge in [-0.15, -0.1) is 0 Å². The molecule has 0 amide bonds. The van der Waals surface area contributed by atoms with Crippen LogP contribution in [0.5, 0.6) is 0 Å². The lowest BCUT2D eigenvalue weighted by Crippen LogP contribution is -2.62. The van der Waals surface area contributed by atoms with E-state index in [0.29, 0.717) is 0 Å². The van der Waals surface area contributed by atoms with Crippen molar-refractivity contribution in [3.05, 3.63) is 0 Å². The molecule has 0 aromatic heterocycles. The third-order valence-corrected chi connectivity index (χ3v) is 3.28. The number of carbonyl (C=O) groups is 4. The monoisotopic (exact) mass is 376 g/mol. The molecule has 0 aromatic carbocycles. The minimum absolute atomic E-state index is 0.202. The average Bonchev–Trinajstić information content (AvgIpc) is 2.50. The number of hydrogen-bond acceptors (Lipinski definition) is 10. The second kappa shape index (κ2) is 10.1. The Labute approximate surface area is 151 Å². The Morgan fingerprint density at radius 3 is 1.73 bits per heavy atom. The minimum atomic E-state index is -1.20. The van der Waals surface area contributed by atoms with E-state index >= 15 is 0 Å². The maximum atomic E-state index is 11.5. The standard InChI is InChI=1S/C16H24O10/c1-6-21-16-15(25-11(5)20)14(24-10(4)19)13(23-9(3)18)12(26-16)7-22-8(2)17/h12-16H,6-7H2,1-5H3/t12?,13?,14-,15?,16-/m0/s1. The van der Waals surface area contributed by atoms with Crippen molar-refractivity contribution in [1.82, 2.24) is 0 Å². The molecule has 1 heterocycles. The molecule has 10 nitrogen and oxygen atoms in total. The first kappa shape index (κ1) is 21.8. The molecule has 1 fully saturated rings. The molecule has 148 valence electrons. The fourth-order valence-electron chi connectivity index (χ4n) is 2.49. The van der Waals surface area contributed by atoms with Crippen LogP contribution in [0, 0.1) is 0 Å². The number of esters is 4. The highest BCUT2D eigenvalue weighted by Gasteiger charge is 2.52. The Bertz CT molecular complexity index is 531. The lowest BCUT2D eigenvalue weighted by atomic mass is 9.98. The van der Waals surface area contributed by atoms with E-state index in [1.807, 2.05) is 0 Å². The van der Waals surface area contributed by atoms with Gasteiger partial charge in [0.2, 0.25) is 0 Å². The molecule has 0 aliphatic carbocycles. The van der Waals surface area contributed by atoms with Crippen LogP contribution in [0.4, 0.5) is 0 Å².